The summed E-state index contributed by atoms with van der Waals surface area (Å²) in [5.41, 5.74) is 0.942. The maximum absolute atomic E-state index is 13.2. The average molecular weight is 382 g/mol. The van der Waals surface area contributed by atoms with E-state index in [-0.39, 0.29) is 5.82 Å². The van der Waals surface area contributed by atoms with Crippen molar-refractivity contribution in [3.8, 4) is 0 Å². The number of aromatic nitrogens is 1. The van der Waals surface area contributed by atoms with E-state index in [1.54, 1.807) is 25.2 Å². The molecule has 1 fully saturated rings. The van der Waals surface area contributed by atoms with Gasteiger partial charge >= 0.3 is 11.2 Å². The van der Waals surface area contributed by atoms with E-state index in [2.05, 4.69) is 4.90 Å². The van der Waals surface area contributed by atoms with E-state index < -0.39 is 16.2 Å². The van der Waals surface area contributed by atoms with Gasteiger partial charge in [-0.3, -0.25) is 14.9 Å². The smallest absolute Gasteiger partial charge is 0.357 e. The number of benzene rings is 2. The van der Waals surface area contributed by atoms with Gasteiger partial charge in [0, 0.05) is 44.3 Å². The molecular weight excluding hydrogens is 363 g/mol. The molecule has 0 amide bonds. The second-order valence-electron chi connectivity index (χ2n) is 6.79. The minimum atomic E-state index is -0.611. The van der Waals surface area contributed by atoms with Crippen LogP contribution in [0.1, 0.15) is 0 Å². The summed E-state index contributed by atoms with van der Waals surface area (Å²) in [6, 6.07) is 13.5. The number of rotatable bonds is 3. The van der Waals surface area contributed by atoms with Gasteiger partial charge in [-0.25, -0.2) is 4.39 Å². The lowest BCUT2D eigenvalue weighted by Gasteiger charge is -2.37. The lowest BCUT2D eigenvalue weighted by molar-refractivity contribution is -0.385. The number of hydrogen-bond acceptors (Lipinski definition) is 5. The van der Waals surface area contributed by atoms with Crippen LogP contribution in [0.15, 0.2) is 53.3 Å². The molecule has 1 aliphatic rings. The van der Waals surface area contributed by atoms with Crippen molar-refractivity contribution in [2.75, 3.05) is 36.0 Å². The SMILES string of the molecule is Cn1c(=O)c([N+](=O)[O-])c(N2CCN(c3ccc(F)cc3)CC2)c2ccccc21. The van der Waals surface area contributed by atoms with Gasteiger partial charge in [0.05, 0.1) is 10.4 Å². The highest BCUT2D eigenvalue weighted by Crippen LogP contribution is 2.34. The molecule has 144 valence electrons. The molecule has 1 saturated heterocycles. The predicted octanol–water partition coefficient (Wildman–Crippen LogP) is 2.91. The number of nitro groups is 1. The largest absolute Gasteiger partial charge is 0.368 e. The third kappa shape index (κ3) is 2.96. The van der Waals surface area contributed by atoms with Crippen LogP contribution >= 0.6 is 0 Å². The van der Waals surface area contributed by atoms with Crippen LogP contribution in [0.5, 0.6) is 0 Å². The fourth-order valence-electron chi connectivity index (χ4n) is 3.79. The van der Waals surface area contributed by atoms with Gasteiger partial charge in [-0.2, -0.15) is 0 Å². The van der Waals surface area contributed by atoms with Gasteiger partial charge in [-0.1, -0.05) is 18.2 Å². The molecule has 4 rings (SSSR count). The Labute approximate surface area is 160 Å². The molecule has 0 spiro atoms. The molecule has 0 aliphatic carbocycles. The molecule has 0 unspecified atom stereocenters. The first kappa shape index (κ1) is 18.0. The monoisotopic (exact) mass is 382 g/mol. The zero-order valence-corrected chi connectivity index (χ0v) is 15.3. The highest BCUT2D eigenvalue weighted by atomic mass is 19.1. The Kier molecular flexibility index (Phi) is 4.46. The van der Waals surface area contributed by atoms with E-state index in [4.69, 9.17) is 0 Å². The zero-order valence-electron chi connectivity index (χ0n) is 15.3. The Hall–Kier alpha value is -3.42. The molecule has 7 nitrogen and oxygen atoms in total. The van der Waals surface area contributed by atoms with Gasteiger partial charge in [0.1, 0.15) is 11.5 Å². The molecule has 8 heteroatoms. The first-order chi connectivity index (χ1) is 13.5. The van der Waals surface area contributed by atoms with Crippen molar-refractivity contribution in [1.82, 2.24) is 4.57 Å². The number of nitrogens with zero attached hydrogens (tertiary/aromatic N) is 4. The van der Waals surface area contributed by atoms with E-state index in [0.717, 1.165) is 5.69 Å². The molecule has 0 atom stereocenters. The summed E-state index contributed by atoms with van der Waals surface area (Å²) in [6.45, 7) is 2.28. The van der Waals surface area contributed by atoms with Crippen molar-refractivity contribution in [1.29, 1.82) is 0 Å². The summed E-state index contributed by atoms with van der Waals surface area (Å²) < 4.78 is 14.5. The lowest BCUT2D eigenvalue weighted by Crippen LogP contribution is -2.47. The third-order valence-corrected chi connectivity index (χ3v) is 5.22. The molecule has 1 aromatic heterocycles. The summed E-state index contributed by atoms with van der Waals surface area (Å²) in [7, 11) is 1.55. The Balaban J connectivity index is 1.73. The molecule has 1 aliphatic heterocycles. The van der Waals surface area contributed by atoms with Gasteiger partial charge in [0.25, 0.3) is 0 Å². The van der Waals surface area contributed by atoms with Crippen molar-refractivity contribution in [3.05, 3.63) is 74.8 Å². The number of piperazine rings is 1. The minimum absolute atomic E-state index is 0.287. The minimum Gasteiger partial charge on any atom is -0.368 e. The van der Waals surface area contributed by atoms with E-state index in [1.165, 1.54) is 16.7 Å². The molecule has 0 saturated carbocycles. The number of halogens is 1. The molecule has 0 bridgehead atoms. The summed E-state index contributed by atoms with van der Waals surface area (Å²) in [5.74, 6) is -0.287. The Bertz CT molecular complexity index is 1100. The van der Waals surface area contributed by atoms with Crippen LogP contribution < -0.4 is 15.4 Å². The first-order valence-electron chi connectivity index (χ1n) is 8.99. The molecule has 2 aromatic carbocycles. The van der Waals surface area contributed by atoms with Crippen molar-refractivity contribution in [2.24, 2.45) is 7.05 Å². The van der Waals surface area contributed by atoms with Crippen LogP contribution in [0.2, 0.25) is 0 Å². The first-order valence-corrected chi connectivity index (χ1v) is 8.99. The van der Waals surface area contributed by atoms with Gasteiger partial charge in [-0.05, 0) is 30.3 Å². The summed E-state index contributed by atoms with van der Waals surface area (Å²) in [4.78, 5) is 27.8. The normalized spacial score (nSPS) is 14.5. The van der Waals surface area contributed by atoms with E-state index >= 15 is 0 Å². The van der Waals surface area contributed by atoms with Crippen LogP contribution in [-0.2, 0) is 7.05 Å². The molecule has 0 radical (unpaired) electrons. The van der Waals surface area contributed by atoms with E-state index in [1.807, 2.05) is 23.1 Å². The number of aryl methyl sites for hydroxylation is 1. The fourth-order valence-corrected chi connectivity index (χ4v) is 3.79. The van der Waals surface area contributed by atoms with Gasteiger partial charge in [0.2, 0.25) is 0 Å². The van der Waals surface area contributed by atoms with Gasteiger partial charge in [-0.15, -0.1) is 0 Å². The van der Waals surface area contributed by atoms with E-state index in [9.17, 15) is 19.3 Å². The van der Waals surface area contributed by atoms with Gasteiger partial charge in [0.15, 0.2) is 0 Å². The Morgan fingerprint density at radius 2 is 1.57 bits per heavy atom. The number of fused-ring (bicyclic) bond motifs is 1. The van der Waals surface area contributed by atoms with Crippen LogP contribution in [0, 0.1) is 15.9 Å². The van der Waals surface area contributed by atoms with Crippen molar-refractivity contribution >= 4 is 28.0 Å². The third-order valence-electron chi connectivity index (χ3n) is 5.22. The number of hydrogen-bond donors (Lipinski definition) is 0. The second kappa shape index (κ2) is 6.95. The zero-order chi connectivity index (χ0) is 19.8. The standard InChI is InChI=1S/C20H19FN4O3/c1-22-17-5-3-2-4-16(17)18(19(20(22)26)25(27)28)24-12-10-23(11-13-24)15-8-6-14(21)7-9-15/h2-9H,10-13H2,1H3. The summed E-state index contributed by atoms with van der Waals surface area (Å²) >= 11 is 0. The van der Waals surface area contributed by atoms with E-state index in [0.29, 0.717) is 42.8 Å². The average Bonchev–Trinajstić information content (AvgIpc) is 2.71. The predicted molar refractivity (Wildman–Crippen MR) is 107 cm³/mol. The van der Waals surface area contributed by atoms with Crippen molar-refractivity contribution in [2.45, 2.75) is 0 Å². The molecule has 2 heterocycles. The number of pyridine rings is 1. The summed E-state index contributed by atoms with van der Waals surface area (Å²) in [5, 5.41) is 12.4. The maximum atomic E-state index is 13.2. The molecule has 3 aromatic rings. The van der Waals surface area contributed by atoms with Crippen molar-refractivity contribution in [3.63, 3.8) is 0 Å². The van der Waals surface area contributed by atoms with Crippen LogP contribution in [-0.4, -0.2) is 35.7 Å². The summed E-state index contributed by atoms with van der Waals surface area (Å²) in [6.07, 6.45) is 0. The van der Waals surface area contributed by atoms with Crippen LogP contribution in [0.3, 0.4) is 0 Å². The van der Waals surface area contributed by atoms with Crippen LogP contribution in [0.25, 0.3) is 10.9 Å². The number of para-hydroxylation sites is 1. The van der Waals surface area contributed by atoms with Crippen LogP contribution in [0.4, 0.5) is 21.5 Å². The molecular formula is C20H19FN4O3. The van der Waals surface area contributed by atoms with Gasteiger partial charge < -0.3 is 14.4 Å². The van der Waals surface area contributed by atoms with Crippen molar-refractivity contribution < 1.29 is 9.31 Å². The molecule has 0 N–H and O–H groups in total. The topological polar surface area (TPSA) is 71.6 Å². The number of anilines is 2. The fraction of sp³-hybridized carbons (Fsp3) is 0.250. The quantitative estimate of drug-likeness (QED) is 0.515. The maximum Gasteiger partial charge on any atom is 0.357 e. The highest BCUT2D eigenvalue weighted by molar-refractivity contribution is 5.96. The second-order valence-corrected chi connectivity index (χ2v) is 6.79. The highest BCUT2D eigenvalue weighted by Gasteiger charge is 2.30. The lowest BCUT2D eigenvalue weighted by atomic mass is 10.1. The molecule has 28 heavy (non-hydrogen) atoms. The Morgan fingerprint density at radius 1 is 0.964 bits per heavy atom. The Morgan fingerprint density at radius 3 is 2.21 bits per heavy atom.